The highest BCUT2D eigenvalue weighted by molar-refractivity contribution is 7.22. The van der Waals surface area contributed by atoms with Gasteiger partial charge in [0.05, 0.1) is 11.2 Å². The lowest BCUT2D eigenvalue weighted by atomic mass is 10.0. The molecular weight excluding hydrogens is 348 g/mol. The Morgan fingerprint density at radius 2 is 1.56 bits per heavy atom. The Morgan fingerprint density at radius 3 is 2.44 bits per heavy atom. The summed E-state index contributed by atoms with van der Waals surface area (Å²) < 4.78 is 1.34. The number of hydrogen-bond donors (Lipinski definition) is 1. The molecule has 27 heavy (non-hydrogen) atoms. The summed E-state index contributed by atoms with van der Waals surface area (Å²) in [6.07, 6.45) is 4.27. The van der Waals surface area contributed by atoms with E-state index in [0.717, 1.165) is 16.6 Å². The molecule has 0 atom stereocenters. The zero-order valence-electron chi connectivity index (χ0n) is 14.9. The molecule has 0 aliphatic rings. The van der Waals surface area contributed by atoms with Gasteiger partial charge in [-0.2, -0.15) is 5.10 Å². The van der Waals surface area contributed by atoms with E-state index in [9.17, 15) is 0 Å². The zero-order valence-corrected chi connectivity index (χ0v) is 15.8. The van der Waals surface area contributed by atoms with Crippen molar-refractivity contribution in [2.24, 2.45) is 0 Å². The van der Waals surface area contributed by atoms with Crippen LogP contribution in [-0.2, 0) is 0 Å². The lowest BCUT2D eigenvalue weighted by Gasteiger charge is -2.05. The van der Waals surface area contributed by atoms with Gasteiger partial charge in [0.15, 0.2) is 0 Å². The molecule has 0 radical (unpaired) electrons. The normalized spacial score (nSPS) is 11.7. The van der Waals surface area contributed by atoms with Crippen molar-refractivity contribution in [3.63, 3.8) is 0 Å². The molecule has 2 heterocycles. The van der Waals surface area contributed by atoms with Crippen molar-refractivity contribution in [3.8, 4) is 10.4 Å². The second kappa shape index (κ2) is 6.53. The molecule has 0 aliphatic carbocycles. The zero-order chi connectivity index (χ0) is 18.2. The third-order valence-electron chi connectivity index (χ3n) is 4.97. The summed E-state index contributed by atoms with van der Waals surface area (Å²) >= 11 is 1.86. The molecule has 1 N–H and O–H groups in total. The van der Waals surface area contributed by atoms with E-state index in [-0.39, 0.29) is 0 Å². The summed E-state index contributed by atoms with van der Waals surface area (Å²) in [6.45, 7) is 2.22. The minimum atomic E-state index is 0.966. The van der Waals surface area contributed by atoms with Crippen LogP contribution in [0.3, 0.4) is 0 Å². The van der Waals surface area contributed by atoms with Crippen LogP contribution in [0.15, 0.2) is 72.8 Å². The average Bonchev–Trinajstić information content (AvgIpc) is 3.28. The van der Waals surface area contributed by atoms with Crippen LogP contribution in [0, 0.1) is 6.92 Å². The molecule has 2 aromatic heterocycles. The van der Waals surface area contributed by atoms with E-state index in [4.69, 9.17) is 0 Å². The fourth-order valence-corrected chi connectivity index (χ4v) is 4.82. The number of hydrogen-bond acceptors (Lipinski definition) is 2. The smallest absolute Gasteiger partial charge is 0.0927 e. The number of nitrogens with one attached hydrogen (secondary N) is 1. The molecule has 3 heteroatoms. The molecule has 2 nitrogen and oxygen atoms in total. The number of aromatic nitrogens is 2. The van der Waals surface area contributed by atoms with Crippen LogP contribution in [0.25, 0.3) is 43.6 Å². The number of rotatable bonds is 3. The van der Waals surface area contributed by atoms with Crippen LogP contribution in [-0.4, -0.2) is 10.2 Å². The van der Waals surface area contributed by atoms with Crippen LogP contribution in [0.2, 0.25) is 0 Å². The number of benzene rings is 3. The highest BCUT2D eigenvalue weighted by Gasteiger charge is 2.12. The standard InChI is InChI=1S/C24H18N2S/c1-16-18-9-5-7-13-23(18)27-24(16)19-10-3-2-8-17(19)14-15-22-20-11-4-6-12-21(20)25-26-22/h2-15H,1H3,(H,25,26)/b15-14+. The first-order chi connectivity index (χ1) is 13.3. The van der Waals surface area contributed by atoms with Gasteiger partial charge in [0, 0.05) is 15.0 Å². The Morgan fingerprint density at radius 1 is 0.815 bits per heavy atom. The summed E-state index contributed by atoms with van der Waals surface area (Å²) in [4.78, 5) is 1.34. The topological polar surface area (TPSA) is 28.7 Å². The fraction of sp³-hybridized carbons (Fsp3) is 0.0417. The van der Waals surface area contributed by atoms with Gasteiger partial charge in [-0.3, -0.25) is 5.10 Å². The van der Waals surface area contributed by atoms with Crippen molar-refractivity contribution >= 4 is 44.5 Å². The largest absolute Gasteiger partial charge is 0.277 e. The number of para-hydroxylation sites is 1. The molecule has 130 valence electrons. The molecule has 5 aromatic rings. The minimum absolute atomic E-state index is 0.966. The Kier molecular flexibility index (Phi) is 3.88. The second-order valence-electron chi connectivity index (χ2n) is 6.63. The maximum Gasteiger partial charge on any atom is 0.0927 e. The van der Waals surface area contributed by atoms with Gasteiger partial charge in [-0.15, -0.1) is 11.3 Å². The van der Waals surface area contributed by atoms with Crippen molar-refractivity contribution in [1.29, 1.82) is 0 Å². The summed E-state index contributed by atoms with van der Waals surface area (Å²) in [5, 5.41) is 10.0. The van der Waals surface area contributed by atoms with Crippen LogP contribution in [0.4, 0.5) is 0 Å². The highest BCUT2D eigenvalue weighted by Crippen LogP contribution is 2.39. The van der Waals surface area contributed by atoms with Gasteiger partial charge in [-0.1, -0.05) is 66.7 Å². The number of nitrogens with zero attached hydrogens (tertiary/aromatic N) is 1. The predicted molar refractivity (Wildman–Crippen MR) is 117 cm³/mol. The van der Waals surface area contributed by atoms with Gasteiger partial charge >= 0.3 is 0 Å². The quantitative estimate of drug-likeness (QED) is 0.369. The van der Waals surface area contributed by atoms with E-state index in [1.165, 1.54) is 31.7 Å². The van der Waals surface area contributed by atoms with Crippen molar-refractivity contribution in [2.45, 2.75) is 6.92 Å². The van der Waals surface area contributed by atoms with Gasteiger partial charge in [0.1, 0.15) is 0 Å². The van der Waals surface area contributed by atoms with Crippen molar-refractivity contribution in [2.75, 3.05) is 0 Å². The average molecular weight is 366 g/mol. The van der Waals surface area contributed by atoms with Crippen LogP contribution in [0.5, 0.6) is 0 Å². The fourth-order valence-electron chi connectivity index (χ4n) is 3.56. The molecular formula is C24H18N2S. The maximum atomic E-state index is 4.46. The SMILES string of the molecule is Cc1c(-c2ccccc2/C=C/c2n[nH]c3ccccc23)sc2ccccc12. The van der Waals surface area contributed by atoms with Crippen molar-refractivity contribution < 1.29 is 0 Å². The number of aromatic amines is 1. The second-order valence-corrected chi connectivity index (χ2v) is 7.68. The van der Waals surface area contributed by atoms with E-state index in [2.05, 4.69) is 83.9 Å². The summed E-state index contributed by atoms with van der Waals surface area (Å²) in [7, 11) is 0. The van der Waals surface area contributed by atoms with Gasteiger partial charge < -0.3 is 0 Å². The molecule has 0 aliphatic heterocycles. The van der Waals surface area contributed by atoms with Gasteiger partial charge in [-0.25, -0.2) is 0 Å². The molecule has 0 amide bonds. The lowest BCUT2D eigenvalue weighted by molar-refractivity contribution is 1.11. The maximum absolute atomic E-state index is 4.46. The number of fused-ring (bicyclic) bond motifs is 2. The van der Waals surface area contributed by atoms with Gasteiger partial charge in [0.2, 0.25) is 0 Å². The Balaban J connectivity index is 1.61. The molecule has 0 fully saturated rings. The monoisotopic (exact) mass is 366 g/mol. The van der Waals surface area contributed by atoms with Crippen LogP contribution < -0.4 is 0 Å². The minimum Gasteiger partial charge on any atom is -0.277 e. The summed E-state index contributed by atoms with van der Waals surface area (Å²) in [6, 6.07) is 25.4. The molecule has 0 bridgehead atoms. The van der Waals surface area contributed by atoms with Crippen molar-refractivity contribution in [1.82, 2.24) is 10.2 Å². The molecule has 3 aromatic carbocycles. The van der Waals surface area contributed by atoms with E-state index < -0.39 is 0 Å². The van der Waals surface area contributed by atoms with E-state index in [1.807, 2.05) is 29.5 Å². The molecule has 0 spiro atoms. The van der Waals surface area contributed by atoms with Crippen molar-refractivity contribution in [3.05, 3.63) is 89.6 Å². The number of aryl methyl sites for hydroxylation is 1. The predicted octanol–water partition coefficient (Wildman–Crippen LogP) is 6.92. The summed E-state index contributed by atoms with van der Waals surface area (Å²) in [5.74, 6) is 0. The Bertz CT molecular complexity index is 1290. The molecule has 0 saturated heterocycles. The highest BCUT2D eigenvalue weighted by atomic mass is 32.1. The number of H-pyrrole nitrogens is 1. The van der Waals surface area contributed by atoms with E-state index in [1.54, 1.807) is 0 Å². The Labute approximate surface area is 161 Å². The third-order valence-corrected chi connectivity index (χ3v) is 6.28. The first-order valence-corrected chi connectivity index (χ1v) is 9.81. The Hall–Kier alpha value is -3.17. The first-order valence-electron chi connectivity index (χ1n) is 9.00. The van der Waals surface area contributed by atoms with Gasteiger partial charge in [-0.05, 0) is 47.2 Å². The van der Waals surface area contributed by atoms with E-state index in [0.29, 0.717) is 0 Å². The number of thiophene rings is 1. The summed E-state index contributed by atoms with van der Waals surface area (Å²) in [5.41, 5.74) is 5.85. The van der Waals surface area contributed by atoms with Crippen LogP contribution in [0.1, 0.15) is 16.8 Å². The van der Waals surface area contributed by atoms with Gasteiger partial charge in [0.25, 0.3) is 0 Å². The lowest BCUT2D eigenvalue weighted by Crippen LogP contribution is -1.82. The van der Waals surface area contributed by atoms with Crippen LogP contribution >= 0.6 is 11.3 Å². The first kappa shape index (κ1) is 16.0. The molecule has 5 rings (SSSR count). The van der Waals surface area contributed by atoms with E-state index >= 15 is 0 Å². The molecule has 0 unspecified atom stereocenters. The molecule has 0 saturated carbocycles. The third kappa shape index (κ3) is 2.77.